The summed E-state index contributed by atoms with van der Waals surface area (Å²) in [4.78, 5) is 25.2. The highest BCUT2D eigenvalue weighted by molar-refractivity contribution is 5.76. The van der Waals surface area contributed by atoms with Gasteiger partial charge in [-0.1, -0.05) is 24.3 Å². The summed E-state index contributed by atoms with van der Waals surface area (Å²) >= 11 is 0. The predicted molar refractivity (Wildman–Crippen MR) is 93.4 cm³/mol. The van der Waals surface area contributed by atoms with Gasteiger partial charge in [0, 0.05) is 33.0 Å². The first kappa shape index (κ1) is 18.5. The lowest BCUT2D eigenvalue weighted by molar-refractivity contribution is -0.130. The lowest BCUT2D eigenvalue weighted by Crippen LogP contribution is -2.37. The van der Waals surface area contributed by atoms with Crippen LogP contribution >= 0.6 is 0 Å². The monoisotopic (exact) mass is 332 g/mol. The largest absolute Gasteiger partial charge is 0.387 e. The minimum absolute atomic E-state index is 0.0170. The maximum absolute atomic E-state index is 12.0. The van der Waals surface area contributed by atoms with Crippen molar-refractivity contribution >= 4 is 11.8 Å². The van der Waals surface area contributed by atoms with Crippen molar-refractivity contribution < 1.29 is 14.7 Å². The second-order valence-electron chi connectivity index (χ2n) is 6.66. The molecule has 1 atom stereocenters. The van der Waals surface area contributed by atoms with Gasteiger partial charge in [0.15, 0.2) is 0 Å². The molecule has 1 fully saturated rings. The van der Waals surface area contributed by atoms with Crippen molar-refractivity contribution in [3.8, 4) is 0 Å². The highest BCUT2D eigenvalue weighted by atomic mass is 16.3. The van der Waals surface area contributed by atoms with Crippen LogP contribution in [0.3, 0.4) is 0 Å². The minimum atomic E-state index is -0.672. The Morgan fingerprint density at radius 1 is 1.29 bits per heavy atom. The molecule has 1 aromatic rings. The predicted octanol–water partition coefficient (Wildman–Crippen LogP) is 2.18. The summed E-state index contributed by atoms with van der Waals surface area (Å²) in [6.07, 6.45) is 2.59. The van der Waals surface area contributed by atoms with Crippen molar-refractivity contribution in [3.05, 3.63) is 35.4 Å². The van der Waals surface area contributed by atoms with Crippen LogP contribution in [0.4, 0.5) is 0 Å². The van der Waals surface area contributed by atoms with Gasteiger partial charge in [0.2, 0.25) is 11.8 Å². The Labute approximate surface area is 144 Å². The number of likely N-dealkylation sites (tertiary alicyclic amines) is 1. The van der Waals surface area contributed by atoms with E-state index in [1.807, 2.05) is 36.1 Å². The summed E-state index contributed by atoms with van der Waals surface area (Å²) in [5.74, 6) is 0.626. The van der Waals surface area contributed by atoms with Gasteiger partial charge in [0.25, 0.3) is 0 Å². The van der Waals surface area contributed by atoms with E-state index in [-0.39, 0.29) is 18.4 Å². The summed E-state index contributed by atoms with van der Waals surface area (Å²) in [6.45, 7) is 5.40. The molecule has 0 spiro atoms. The maximum Gasteiger partial charge on any atom is 0.220 e. The Hall–Kier alpha value is -1.88. The number of hydrogen-bond donors (Lipinski definition) is 2. The molecule has 1 unspecified atom stereocenters. The van der Waals surface area contributed by atoms with Gasteiger partial charge in [-0.25, -0.2) is 0 Å². The van der Waals surface area contributed by atoms with Crippen LogP contribution in [0.25, 0.3) is 0 Å². The fraction of sp³-hybridized carbons (Fsp3) is 0.579. The third-order valence-corrected chi connectivity index (χ3v) is 4.88. The first-order chi connectivity index (χ1) is 11.5. The van der Waals surface area contributed by atoms with Crippen molar-refractivity contribution in [3.63, 3.8) is 0 Å². The molecule has 0 radical (unpaired) electrons. The summed E-state index contributed by atoms with van der Waals surface area (Å²) in [5, 5.41) is 13.0. The van der Waals surface area contributed by atoms with Gasteiger partial charge < -0.3 is 15.3 Å². The topological polar surface area (TPSA) is 69.6 Å². The molecule has 2 rings (SSSR count). The summed E-state index contributed by atoms with van der Waals surface area (Å²) in [7, 11) is 0. The SMILES string of the molecule is CC(=O)N1CCC(CCC(=O)NCC(O)c2ccccc2C)CC1. The zero-order valence-corrected chi connectivity index (χ0v) is 14.6. The molecule has 1 aliphatic heterocycles. The van der Waals surface area contributed by atoms with Gasteiger partial charge in [-0.05, 0) is 43.2 Å². The Balaban J connectivity index is 1.67. The molecule has 0 saturated carbocycles. The summed E-state index contributed by atoms with van der Waals surface area (Å²) < 4.78 is 0. The molecular formula is C19H28N2O3. The number of benzene rings is 1. The second-order valence-corrected chi connectivity index (χ2v) is 6.66. The van der Waals surface area contributed by atoms with Crippen LogP contribution in [-0.4, -0.2) is 41.5 Å². The van der Waals surface area contributed by atoms with Crippen LogP contribution in [0.1, 0.15) is 49.8 Å². The van der Waals surface area contributed by atoms with E-state index in [0.717, 1.165) is 43.5 Å². The average molecular weight is 332 g/mol. The molecule has 0 aliphatic carbocycles. The molecule has 1 saturated heterocycles. The zero-order chi connectivity index (χ0) is 17.5. The van der Waals surface area contributed by atoms with Crippen molar-refractivity contribution in [1.82, 2.24) is 10.2 Å². The number of aryl methyl sites for hydroxylation is 1. The normalized spacial score (nSPS) is 16.7. The van der Waals surface area contributed by atoms with Gasteiger partial charge in [-0.3, -0.25) is 9.59 Å². The van der Waals surface area contributed by atoms with E-state index in [4.69, 9.17) is 0 Å². The number of aliphatic hydroxyl groups excluding tert-OH is 1. The fourth-order valence-corrected chi connectivity index (χ4v) is 3.24. The molecule has 0 aromatic heterocycles. The van der Waals surface area contributed by atoms with Gasteiger partial charge in [-0.15, -0.1) is 0 Å². The number of nitrogens with zero attached hydrogens (tertiary/aromatic N) is 1. The van der Waals surface area contributed by atoms with E-state index in [0.29, 0.717) is 12.3 Å². The lowest BCUT2D eigenvalue weighted by Gasteiger charge is -2.31. The quantitative estimate of drug-likeness (QED) is 0.839. The van der Waals surface area contributed by atoms with Crippen LogP contribution < -0.4 is 5.32 Å². The number of piperidine rings is 1. The molecule has 5 nitrogen and oxygen atoms in total. The lowest BCUT2D eigenvalue weighted by atomic mass is 9.92. The van der Waals surface area contributed by atoms with Gasteiger partial charge in [0.1, 0.15) is 0 Å². The van der Waals surface area contributed by atoms with Crippen LogP contribution in [0, 0.1) is 12.8 Å². The van der Waals surface area contributed by atoms with E-state index in [9.17, 15) is 14.7 Å². The first-order valence-electron chi connectivity index (χ1n) is 8.73. The number of rotatable bonds is 6. The highest BCUT2D eigenvalue weighted by Gasteiger charge is 2.21. The molecule has 2 amide bonds. The number of carbonyl (C=O) groups is 2. The van der Waals surface area contributed by atoms with E-state index < -0.39 is 6.10 Å². The Kier molecular flexibility index (Phi) is 6.79. The van der Waals surface area contributed by atoms with Crippen LogP contribution in [0.5, 0.6) is 0 Å². The molecule has 24 heavy (non-hydrogen) atoms. The summed E-state index contributed by atoms with van der Waals surface area (Å²) in [6, 6.07) is 7.66. The van der Waals surface area contributed by atoms with Crippen molar-refractivity contribution in [2.45, 2.75) is 45.6 Å². The number of aliphatic hydroxyl groups is 1. The van der Waals surface area contributed by atoms with Crippen molar-refractivity contribution in [1.29, 1.82) is 0 Å². The van der Waals surface area contributed by atoms with Crippen LogP contribution in [0.2, 0.25) is 0 Å². The molecule has 132 valence electrons. The van der Waals surface area contributed by atoms with Crippen LogP contribution in [0.15, 0.2) is 24.3 Å². The fourth-order valence-electron chi connectivity index (χ4n) is 3.24. The second kappa shape index (κ2) is 8.83. The third-order valence-electron chi connectivity index (χ3n) is 4.88. The Morgan fingerprint density at radius 2 is 1.96 bits per heavy atom. The molecule has 5 heteroatoms. The van der Waals surface area contributed by atoms with Gasteiger partial charge in [0.05, 0.1) is 6.10 Å². The smallest absolute Gasteiger partial charge is 0.220 e. The zero-order valence-electron chi connectivity index (χ0n) is 14.6. The molecule has 0 bridgehead atoms. The average Bonchev–Trinajstić information content (AvgIpc) is 2.58. The van der Waals surface area contributed by atoms with Gasteiger partial charge in [-0.2, -0.15) is 0 Å². The Morgan fingerprint density at radius 3 is 2.58 bits per heavy atom. The number of hydrogen-bond acceptors (Lipinski definition) is 3. The van der Waals surface area contributed by atoms with E-state index in [1.54, 1.807) is 6.92 Å². The number of amides is 2. The highest BCUT2D eigenvalue weighted by Crippen LogP contribution is 2.22. The molecule has 1 aliphatic rings. The van der Waals surface area contributed by atoms with E-state index in [2.05, 4.69) is 5.32 Å². The molecule has 1 heterocycles. The minimum Gasteiger partial charge on any atom is -0.387 e. The third kappa shape index (κ3) is 5.34. The van der Waals surface area contributed by atoms with Crippen molar-refractivity contribution in [2.75, 3.05) is 19.6 Å². The van der Waals surface area contributed by atoms with E-state index >= 15 is 0 Å². The number of carbonyl (C=O) groups excluding carboxylic acids is 2. The molecule has 2 N–H and O–H groups in total. The Bertz CT molecular complexity index is 565. The van der Waals surface area contributed by atoms with Crippen LogP contribution in [-0.2, 0) is 9.59 Å². The number of nitrogens with one attached hydrogen (secondary N) is 1. The maximum atomic E-state index is 12.0. The van der Waals surface area contributed by atoms with E-state index in [1.165, 1.54) is 0 Å². The van der Waals surface area contributed by atoms with Gasteiger partial charge >= 0.3 is 0 Å². The molecular weight excluding hydrogens is 304 g/mol. The van der Waals surface area contributed by atoms with Crippen molar-refractivity contribution in [2.24, 2.45) is 5.92 Å². The molecule has 1 aromatic carbocycles. The summed E-state index contributed by atoms with van der Waals surface area (Å²) in [5.41, 5.74) is 1.88. The standard InChI is InChI=1S/C19H28N2O3/c1-14-5-3-4-6-17(14)18(23)13-20-19(24)8-7-16-9-11-21(12-10-16)15(2)22/h3-6,16,18,23H,7-13H2,1-2H3,(H,20,24). The first-order valence-corrected chi connectivity index (χ1v) is 8.73.